The number of likely N-dealkylation sites (N-methyl/N-ethyl adjacent to an activating group) is 2. The second-order valence-electron chi connectivity index (χ2n) is 4.33. The molecule has 1 atom stereocenters. The molecule has 4 N–H and O–H groups in total. The van der Waals surface area contributed by atoms with Gasteiger partial charge in [-0.05, 0) is 18.2 Å². The van der Waals surface area contributed by atoms with Gasteiger partial charge in [0.25, 0.3) is 0 Å². The number of nitrogens with two attached hydrogens (primary N) is 1. The Morgan fingerprint density at radius 1 is 1.44 bits per heavy atom. The van der Waals surface area contributed by atoms with Crippen LogP contribution >= 0.6 is 0 Å². The highest BCUT2D eigenvalue weighted by Crippen LogP contribution is 2.14. The van der Waals surface area contributed by atoms with E-state index in [9.17, 15) is 9.90 Å². The molecule has 5 heteroatoms. The number of nitrogens with one attached hydrogen (secondary N) is 1. The molecule has 0 radical (unpaired) electrons. The lowest BCUT2D eigenvalue weighted by atomic mass is 10.1. The van der Waals surface area contributed by atoms with E-state index in [1.54, 1.807) is 19.0 Å². The SMILES string of the molecule is CNC(=O)CN(C)CC(O)c1ccc(CN)cc1. The summed E-state index contributed by atoms with van der Waals surface area (Å²) < 4.78 is 0. The molecule has 0 heterocycles. The highest BCUT2D eigenvalue weighted by molar-refractivity contribution is 5.77. The minimum atomic E-state index is -0.605. The van der Waals surface area contributed by atoms with Crippen LogP contribution < -0.4 is 11.1 Å². The molecule has 100 valence electrons. The number of aliphatic hydroxyl groups is 1. The molecule has 0 fully saturated rings. The van der Waals surface area contributed by atoms with E-state index >= 15 is 0 Å². The first-order valence-electron chi connectivity index (χ1n) is 5.93. The van der Waals surface area contributed by atoms with Crippen LogP contribution in [0, 0.1) is 0 Å². The highest BCUT2D eigenvalue weighted by atomic mass is 16.3. The van der Waals surface area contributed by atoms with E-state index in [1.807, 2.05) is 24.3 Å². The number of rotatable bonds is 6. The maximum Gasteiger partial charge on any atom is 0.233 e. The first-order chi connectivity index (χ1) is 8.56. The topological polar surface area (TPSA) is 78.6 Å². The molecule has 1 aromatic rings. The van der Waals surface area contributed by atoms with Crippen molar-refractivity contribution in [1.82, 2.24) is 10.2 Å². The van der Waals surface area contributed by atoms with Gasteiger partial charge in [0, 0.05) is 20.1 Å². The smallest absolute Gasteiger partial charge is 0.233 e. The van der Waals surface area contributed by atoms with Crippen molar-refractivity contribution in [3.8, 4) is 0 Å². The van der Waals surface area contributed by atoms with Crippen LogP contribution in [0.15, 0.2) is 24.3 Å². The Morgan fingerprint density at radius 2 is 2.06 bits per heavy atom. The van der Waals surface area contributed by atoms with Crippen molar-refractivity contribution in [1.29, 1.82) is 0 Å². The van der Waals surface area contributed by atoms with E-state index in [2.05, 4.69) is 5.32 Å². The maximum absolute atomic E-state index is 11.2. The average Bonchev–Trinajstić information content (AvgIpc) is 2.38. The summed E-state index contributed by atoms with van der Waals surface area (Å²) in [4.78, 5) is 13.0. The Morgan fingerprint density at radius 3 is 2.56 bits per heavy atom. The van der Waals surface area contributed by atoms with Crippen molar-refractivity contribution in [2.24, 2.45) is 5.73 Å². The third kappa shape index (κ3) is 4.44. The molecule has 0 bridgehead atoms. The monoisotopic (exact) mass is 251 g/mol. The van der Waals surface area contributed by atoms with Crippen molar-refractivity contribution in [3.05, 3.63) is 35.4 Å². The lowest BCUT2D eigenvalue weighted by Crippen LogP contribution is -2.35. The zero-order chi connectivity index (χ0) is 13.5. The summed E-state index contributed by atoms with van der Waals surface area (Å²) in [5.41, 5.74) is 7.37. The molecule has 1 rings (SSSR count). The first-order valence-corrected chi connectivity index (χ1v) is 5.93. The molecule has 5 nitrogen and oxygen atoms in total. The summed E-state index contributed by atoms with van der Waals surface area (Å²) in [7, 11) is 3.39. The van der Waals surface area contributed by atoms with Gasteiger partial charge < -0.3 is 16.2 Å². The molecule has 0 spiro atoms. The molecule has 1 aromatic carbocycles. The van der Waals surface area contributed by atoms with Gasteiger partial charge >= 0.3 is 0 Å². The van der Waals surface area contributed by atoms with Gasteiger partial charge in [0.15, 0.2) is 0 Å². The lowest BCUT2D eigenvalue weighted by Gasteiger charge is -2.20. The summed E-state index contributed by atoms with van der Waals surface area (Å²) in [6, 6.07) is 7.52. The van der Waals surface area contributed by atoms with E-state index in [0.29, 0.717) is 13.1 Å². The summed E-state index contributed by atoms with van der Waals surface area (Å²) >= 11 is 0. The Kier molecular flexibility index (Phi) is 5.77. The van der Waals surface area contributed by atoms with Crippen molar-refractivity contribution >= 4 is 5.91 Å². The Balaban J connectivity index is 2.53. The normalized spacial score (nSPS) is 12.5. The largest absolute Gasteiger partial charge is 0.387 e. The van der Waals surface area contributed by atoms with Crippen LogP contribution in [0.4, 0.5) is 0 Å². The van der Waals surface area contributed by atoms with Crippen LogP contribution in [0.2, 0.25) is 0 Å². The fraction of sp³-hybridized carbons (Fsp3) is 0.462. The minimum Gasteiger partial charge on any atom is -0.387 e. The average molecular weight is 251 g/mol. The number of carbonyl (C=O) groups is 1. The van der Waals surface area contributed by atoms with E-state index in [-0.39, 0.29) is 12.5 Å². The number of nitrogens with zero attached hydrogens (tertiary/aromatic N) is 1. The molecule has 0 saturated heterocycles. The number of benzene rings is 1. The van der Waals surface area contributed by atoms with Crippen LogP contribution in [0.3, 0.4) is 0 Å². The van der Waals surface area contributed by atoms with Crippen LogP contribution in [-0.4, -0.2) is 43.1 Å². The number of aliphatic hydroxyl groups excluding tert-OH is 1. The highest BCUT2D eigenvalue weighted by Gasteiger charge is 2.12. The van der Waals surface area contributed by atoms with Crippen molar-refractivity contribution in [2.75, 3.05) is 27.2 Å². The molecule has 0 aliphatic heterocycles. The van der Waals surface area contributed by atoms with Gasteiger partial charge in [0.05, 0.1) is 12.6 Å². The van der Waals surface area contributed by atoms with Gasteiger partial charge in [-0.25, -0.2) is 0 Å². The van der Waals surface area contributed by atoms with Gasteiger partial charge in [-0.15, -0.1) is 0 Å². The maximum atomic E-state index is 11.2. The lowest BCUT2D eigenvalue weighted by molar-refractivity contribution is -0.121. The number of carbonyl (C=O) groups excluding carboxylic acids is 1. The van der Waals surface area contributed by atoms with Gasteiger partial charge in [-0.1, -0.05) is 24.3 Å². The number of amides is 1. The van der Waals surface area contributed by atoms with Crippen molar-refractivity contribution in [2.45, 2.75) is 12.6 Å². The summed E-state index contributed by atoms with van der Waals surface area (Å²) in [6.07, 6.45) is -0.605. The zero-order valence-electron chi connectivity index (χ0n) is 10.9. The number of hydrogen-bond acceptors (Lipinski definition) is 4. The quantitative estimate of drug-likeness (QED) is 0.657. The van der Waals surface area contributed by atoms with Crippen LogP contribution in [0.5, 0.6) is 0 Å². The molecule has 1 amide bonds. The van der Waals surface area contributed by atoms with Gasteiger partial charge in [-0.3, -0.25) is 9.69 Å². The predicted molar refractivity (Wildman–Crippen MR) is 70.9 cm³/mol. The standard InChI is InChI=1S/C13H21N3O2/c1-15-13(18)9-16(2)8-12(17)11-5-3-10(7-14)4-6-11/h3-6,12,17H,7-9,14H2,1-2H3,(H,15,18). The third-order valence-electron chi connectivity index (χ3n) is 2.78. The first kappa shape index (κ1) is 14.6. The molecule has 0 aromatic heterocycles. The Labute approximate surface area is 108 Å². The second kappa shape index (κ2) is 7.10. The van der Waals surface area contributed by atoms with Crippen LogP contribution in [0.1, 0.15) is 17.2 Å². The van der Waals surface area contributed by atoms with Crippen LogP contribution in [-0.2, 0) is 11.3 Å². The molecule has 0 aliphatic rings. The fourth-order valence-corrected chi connectivity index (χ4v) is 1.67. The van der Waals surface area contributed by atoms with E-state index < -0.39 is 6.10 Å². The van der Waals surface area contributed by atoms with E-state index in [1.165, 1.54) is 0 Å². The third-order valence-corrected chi connectivity index (χ3v) is 2.78. The van der Waals surface area contributed by atoms with Crippen LogP contribution in [0.25, 0.3) is 0 Å². The predicted octanol–water partition coefficient (Wildman–Crippen LogP) is -0.143. The van der Waals surface area contributed by atoms with Crippen molar-refractivity contribution in [3.63, 3.8) is 0 Å². The van der Waals surface area contributed by atoms with Gasteiger partial charge in [0.1, 0.15) is 0 Å². The van der Waals surface area contributed by atoms with E-state index in [0.717, 1.165) is 11.1 Å². The minimum absolute atomic E-state index is 0.0665. The van der Waals surface area contributed by atoms with Gasteiger partial charge in [-0.2, -0.15) is 0 Å². The molecular formula is C13H21N3O2. The second-order valence-corrected chi connectivity index (χ2v) is 4.33. The molecular weight excluding hydrogens is 230 g/mol. The fourth-order valence-electron chi connectivity index (χ4n) is 1.67. The summed E-state index contributed by atoms with van der Waals surface area (Å²) in [6.45, 7) is 1.18. The molecule has 18 heavy (non-hydrogen) atoms. The molecule has 0 aliphatic carbocycles. The van der Waals surface area contributed by atoms with Crippen molar-refractivity contribution < 1.29 is 9.90 Å². The molecule has 0 saturated carbocycles. The Bertz CT molecular complexity index is 378. The number of hydrogen-bond donors (Lipinski definition) is 3. The summed E-state index contributed by atoms with van der Waals surface area (Å²) in [5, 5.41) is 12.6. The van der Waals surface area contributed by atoms with Gasteiger partial charge in [0.2, 0.25) is 5.91 Å². The Hall–Kier alpha value is -1.43. The zero-order valence-corrected chi connectivity index (χ0v) is 10.9. The molecule has 1 unspecified atom stereocenters. The summed E-state index contributed by atoms with van der Waals surface area (Å²) in [5.74, 6) is -0.0665. The van der Waals surface area contributed by atoms with E-state index in [4.69, 9.17) is 5.73 Å².